The summed E-state index contributed by atoms with van der Waals surface area (Å²) in [6, 6.07) is 8.72. The minimum absolute atomic E-state index is 0.352. The summed E-state index contributed by atoms with van der Waals surface area (Å²) in [4.78, 5) is 2.44. The first-order chi connectivity index (χ1) is 8.25. The van der Waals surface area contributed by atoms with Gasteiger partial charge < -0.3 is 10.6 Å². The number of rotatable bonds is 1. The first kappa shape index (κ1) is 11.0. The van der Waals surface area contributed by atoms with E-state index in [9.17, 15) is 0 Å². The van der Waals surface area contributed by atoms with Gasteiger partial charge in [-0.15, -0.1) is 0 Å². The molecule has 0 bridgehead atoms. The molecule has 1 aliphatic heterocycles. The second-order valence-electron chi connectivity index (χ2n) is 4.88. The predicted octanol–water partition coefficient (Wildman–Crippen LogP) is 2.47. The highest BCUT2D eigenvalue weighted by molar-refractivity contribution is 7.11. The number of piperidine rings is 1. The number of benzene rings is 1. The van der Waals surface area contributed by atoms with Gasteiger partial charge in [-0.25, -0.2) is 0 Å². The highest BCUT2D eigenvalue weighted by Gasteiger charge is 2.25. The van der Waals surface area contributed by atoms with Crippen molar-refractivity contribution in [2.24, 2.45) is 11.7 Å². The van der Waals surface area contributed by atoms with Gasteiger partial charge in [0.05, 0.1) is 5.52 Å². The lowest BCUT2D eigenvalue weighted by Gasteiger charge is -2.35. The van der Waals surface area contributed by atoms with Crippen LogP contribution in [0.4, 0.5) is 5.00 Å². The Hall–Kier alpha value is -1.13. The molecule has 2 atom stereocenters. The second-order valence-corrected chi connectivity index (χ2v) is 5.63. The Morgan fingerprint density at radius 3 is 3.06 bits per heavy atom. The summed E-state index contributed by atoms with van der Waals surface area (Å²) in [6.07, 6.45) is 1.08. The van der Waals surface area contributed by atoms with E-state index in [0.717, 1.165) is 25.0 Å². The van der Waals surface area contributed by atoms with Crippen molar-refractivity contribution in [1.29, 1.82) is 0 Å². The van der Waals surface area contributed by atoms with Crippen LogP contribution in [0, 0.1) is 5.92 Å². The van der Waals surface area contributed by atoms with Crippen LogP contribution in [0.25, 0.3) is 10.9 Å². The van der Waals surface area contributed by atoms with Crippen molar-refractivity contribution in [2.75, 3.05) is 18.0 Å². The van der Waals surface area contributed by atoms with Gasteiger partial charge in [-0.05, 0) is 36.0 Å². The smallest absolute Gasteiger partial charge is 0.119 e. The van der Waals surface area contributed by atoms with Gasteiger partial charge in [0.1, 0.15) is 5.00 Å². The number of hydrogen-bond donors (Lipinski definition) is 1. The van der Waals surface area contributed by atoms with Crippen molar-refractivity contribution in [2.45, 2.75) is 19.4 Å². The van der Waals surface area contributed by atoms with Crippen LogP contribution in [0.1, 0.15) is 13.3 Å². The van der Waals surface area contributed by atoms with E-state index < -0.39 is 0 Å². The van der Waals surface area contributed by atoms with Crippen LogP contribution in [-0.2, 0) is 0 Å². The largest absolute Gasteiger partial charge is 0.361 e. The molecule has 0 radical (unpaired) electrons. The summed E-state index contributed by atoms with van der Waals surface area (Å²) in [5, 5.41) is 2.58. The summed E-state index contributed by atoms with van der Waals surface area (Å²) in [6.45, 7) is 4.34. The Balaban J connectivity index is 1.94. The maximum Gasteiger partial charge on any atom is 0.119 e. The van der Waals surface area contributed by atoms with Gasteiger partial charge in [0.15, 0.2) is 0 Å². The van der Waals surface area contributed by atoms with E-state index in [1.54, 1.807) is 11.5 Å². The predicted molar refractivity (Wildman–Crippen MR) is 73.6 cm³/mol. The van der Waals surface area contributed by atoms with Gasteiger partial charge in [0.2, 0.25) is 0 Å². The normalized spacial score (nSPS) is 25.4. The van der Waals surface area contributed by atoms with E-state index in [4.69, 9.17) is 5.73 Å². The van der Waals surface area contributed by atoms with Crippen molar-refractivity contribution in [1.82, 2.24) is 4.37 Å². The van der Waals surface area contributed by atoms with Gasteiger partial charge in [-0.3, -0.25) is 0 Å². The van der Waals surface area contributed by atoms with Crippen LogP contribution in [0.3, 0.4) is 0 Å². The molecule has 90 valence electrons. The SMILES string of the molecule is CC1CN(c2snc3ccccc23)CCC1N. The van der Waals surface area contributed by atoms with Gasteiger partial charge in [-0.1, -0.05) is 19.1 Å². The minimum atomic E-state index is 0.352. The molecule has 4 heteroatoms. The molecule has 0 saturated carbocycles. The maximum absolute atomic E-state index is 6.07. The van der Waals surface area contributed by atoms with Gasteiger partial charge in [0.25, 0.3) is 0 Å². The number of nitrogens with two attached hydrogens (primary N) is 1. The molecule has 17 heavy (non-hydrogen) atoms. The zero-order chi connectivity index (χ0) is 11.8. The second kappa shape index (κ2) is 4.27. The molecule has 0 spiro atoms. The Labute approximate surface area is 105 Å². The average Bonchev–Trinajstić information content (AvgIpc) is 2.76. The zero-order valence-electron chi connectivity index (χ0n) is 9.97. The van der Waals surface area contributed by atoms with Crippen molar-refractivity contribution in [3.8, 4) is 0 Å². The molecule has 3 nitrogen and oxygen atoms in total. The van der Waals surface area contributed by atoms with E-state index >= 15 is 0 Å². The molecule has 1 aromatic heterocycles. The molecule has 1 aliphatic rings. The van der Waals surface area contributed by atoms with Gasteiger partial charge >= 0.3 is 0 Å². The topological polar surface area (TPSA) is 42.2 Å². The fraction of sp³-hybridized carbons (Fsp3) is 0.462. The molecule has 1 fully saturated rings. The number of hydrogen-bond acceptors (Lipinski definition) is 4. The van der Waals surface area contributed by atoms with Crippen LogP contribution >= 0.6 is 11.5 Å². The summed E-state index contributed by atoms with van der Waals surface area (Å²) in [7, 11) is 0. The molecule has 1 aromatic carbocycles. The quantitative estimate of drug-likeness (QED) is 0.841. The highest BCUT2D eigenvalue weighted by Crippen LogP contribution is 2.33. The molecule has 0 amide bonds. The van der Waals surface area contributed by atoms with Crippen molar-refractivity contribution >= 4 is 27.4 Å². The first-order valence-electron chi connectivity index (χ1n) is 6.10. The van der Waals surface area contributed by atoms with Crippen LogP contribution in [0.15, 0.2) is 24.3 Å². The lowest BCUT2D eigenvalue weighted by atomic mass is 9.95. The fourth-order valence-corrected chi connectivity index (χ4v) is 3.35. The average molecular weight is 247 g/mol. The van der Waals surface area contributed by atoms with Crippen molar-refractivity contribution in [3.63, 3.8) is 0 Å². The fourth-order valence-electron chi connectivity index (χ4n) is 2.45. The van der Waals surface area contributed by atoms with Crippen LogP contribution in [0.5, 0.6) is 0 Å². The Morgan fingerprint density at radius 1 is 1.41 bits per heavy atom. The highest BCUT2D eigenvalue weighted by atomic mass is 32.1. The first-order valence-corrected chi connectivity index (χ1v) is 6.88. The van der Waals surface area contributed by atoms with E-state index in [1.807, 2.05) is 6.07 Å². The monoisotopic (exact) mass is 247 g/mol. The third-order valence-corrected chi connectivity index (χ3v) is 4.56. The zero-order valence-corrected chi connectivity index (χ0v) is 10.8. The molecule has 2 N–H and O–H groups in total. The van der Waals surface area contributed by atoms with Gasteiger partial charge in [0, 0.05) is 24.5 Å². The molecular weight excluding hydrogens is 230 g/mol. The minimum Gasteiger partial charge on any atom is -0.361 e. The molecule has 2 aromatic rings. The molecular formula is C13H17N3S. The molecule has 0 aliphatic carbocycles. The third kappa shape index (κ3) is 1.91. The summed E-state index contributed by atoms with van der Waals surface area (Å²) >= 11 is 1.61. The lowest BCUT2D eigenvalue weighted by molar-refractivity contribution is 0.384. The van der Waals surface area contributed by atoms with Crippen LogP contribution in [-0.4, -0.2) is 23.5 Å². The van der Waals surface area contributed by atoms with Crippen molar-refractivity contribution in [3.05, 3.63) is 24.3 Å². The van der Waals surface area contributed by atoms with E-state index in [0.29, 0.717) is 12.0 Å². The summed E-state index contributed by atoms with van der Waals surface area (Å²) < 4.78 is 4.51. The van der Waals surface area contributed by atoms with Crippen LogP contribution in [0.2, 0.25) is 0 Å². The van der Waals surface area contributed by atoms with Crippen LogP contribution < -0.4 is 10.6 Å². The van der Waals surface area contributed by atoms with Gasteiger partial charge in [-0.2, -0.15) is 4.37 Å². The Kier molecular flexibility index (Phi) is 2.76. The van der Waals surface area contributed by atoms with E-state index in [1.165, 1.54) is 10.4 Å². The number of aromatic nitrogens is 1. The number of anilines is 1. The standard InChI is InChI=1S/C13H17N3S/c1-9-8-16(7-6-11(9)14)13-10-4-2-3-5-12(10)15-17-13/h2-5,9,11H,6-8,14H2,1H3. The summed E-state index contributed by atoms with van der Waals surface area (Å²) in [5.41, 5.74) is 7.17. The molecule has 2 unspecified atom stereocenters. The summed E-state index contributed by atoms with van der Waals surface area (Å²) in [5.74, 6) is 0.560. The molecule has 2 heterocycles. The van der Waals surface area contributed by atoms with Crippen molar-refractivity contribution < 1.29 is 0 Å². The molecule has 3 rings (SSSR count). The number of nitrogens with zero attached hydrogens (tertiary/aromatic N) is 2. The Morgan fingerprint density at radius 2 is 2.24 bits per heavy atom. The Bertz CT molecular complexity index is 522. The number of fused-ring (bicyclic) bond motifs is 1. The molecule has 1 saturated heterocycles. The lowest BCUT2D eigenvalue weighted by Crippen LogP contribution is -2.45. The maximum atomic E-state index is 6.07. The van der Waals surface area contributed by atoms with E-state index in [-0.39, 0.29) is 0 Å². The van der Waals surface area contributed by atoms with E-state index in [2.05, 4.69) is 34.4 Å². The third-order valence-electron chi connectivity index (χ3n) is 3.62.